The zero-order valence-electron chi connectivity index (χ0n) is 20.1. The molecule has 2 heterocycles. The molecule has 0 amide bonds. The first-order valence-corrected chi connectivity index (χ1v) is 12.6. The summed E-state index contributed by atoms with van der Waals surface area (Å²) in [5.41, 5.74) is 7.81. The fourth-order valence-electron chi connectivity index (χ4n) is 7.00. The van der Waals surface area contributed by atoms with Crippen molar-refractivity contribution in [2.45, 2.75) is 83.7 Å². The Balaban J connectivity index is 1.57. The molecule has 2 aromatic rings. The lowest BCUT2D eigenvalue weighted by Crippen LogP contribution is -2.45. The first-order chi connectivity index (χ1) is 15.6. The summed E-state index contributed by atoms with van der Waals surface area (Å²) < 4.78 is 10.2. The van der Waals surface area contributed by atoms with Crippen LogP contribution in [0.5, 0.6) is 0 Å². The summed E-state index contributed by atoms with van der Waals surface area (Å²) in [5, 5.41) is 0. The van der Waals surface area contributed by atoms with Crippen LogP contribution in [-0.4, -0.2) is 6.17 Å². The number of allylic oxidation sites excluding steroid dienone is 2. The predicted octanol–water partition coefficient (Wildman–Crippen LogP) is 7.75. The van der Waals surface area contributed by atoms with E-state index in [2.05, 4.69) is 72.2 Å². The molecule has 0 spiro atoms. The Morgan fingerprint density at radius 2 is 1.32 bits per heavy atom. The molecule has 2 atom stereocenters. The van der Waals surface area contributed by atoms with Gasteiger partial charge < -0.3 is 9.80 Å². The van der Waals surface area contributed by atoms with Gasteiger partial charge in [-0.05, 0) is 74.6 Å². The number of hydrogen-bond acceptors (Lipinski definition) is 2. The quantitative estimate of drug-likeness (QED) is 0.507. The van der Waals surface area contributed by atoms with Crippen molar-refractivity contribution in [2.75, 3.05) is 9.80 Å². The van der Waals surface area contributed by atoms with Crippen molar-refractivity contribution in [3.63, 3.8) is 0 Å². The number of benzene rings is 2. The van der Waals surface area contributed by atoms with Crippen molar-refractivity contribution in [1.82, 2.24) is 0 Å². The fourth-order valence-corrected chi connectivity index (χ4v) is 7.00. The van der Waals surface area contributed by atoms with Gasteiger partial charge in [0.2, 0.25) is 0 Å². The molecule has 2 aliphatic heterocycles. The van der Waals surface area contributed by atoms with Crippen molar-refractivity contribution < 1.29 is 1.37 Å². The van der Waals surface area contributed by atoms with Crippen molar-refractivity contribution in [3.05, 3.63) is 71.1 Å². The monoisotopic (exact) mass is 413 g/mol. The summed E-state index contributed by atoms with van der Waals surface area (Å²) in [6.07, 6.45) is 11.8. The molecule has 2 aromatic carbocycles. The van der Waals surface area contributed by atoms with Crippen LogP contribution in [0.1, 0.15) is 83.1 Å². The SMILES string of the molecule is [2H]C1(C2CCCCC2)C2=C(C)N(c3ccccc3C)C(C3CCCC3)N2c2ccccc21. The first-order valence-electron chi connectivity index (χ1n) is 13.1. The van der Waals surface area contributed by atoms with Crippen LogP contribution in [0.15, 0.2) is 59.9 Å². The van der Waals surface area contributed by atoms with E-state index in [4.69, 9.17) is 0 Å². The van der Waals surface area contributed by atoms with Crippen LogP contribution in [0.4, 0.5) is 11.4 Å². The van der Waals surface area contributed by atoms with Gasteiger partial charge in [-0.3, -0.25) is 0 Å². The molecule has 31 heavy (non-hydrogen) atoms. The molecule has 162 valence electrons. The van der Waals surface area contributed by atoms with E-state index in [1.54, 1.807) is 0 Å². The summed E-state index contributed by atoms with van der Waals surface area (Å²) >= 11 is 0. The van der Waals surface area contributed by atoms with Crippen LogP contribution < -0.4 is 9.80 Å². The van der Waals surface area contributed by atoms with Crippen LogP contribution >= 0.6 is 0 Å². The molecule has 0 radical (unpaired) electrons. The van der Waals surface area contributed by atoms with Crippen molar-refractivity contribution in [3.8, 4) is 0 Å². The average molecular weight is 414 g/mol. The molecule has 2 unspecified atom stereocenters. The standard InChI is InChI=1S/C29H36N2/c1-20-12-6-10-18-25(20)30-21(2)28-27(22-13-4-3-5-14-22)24-17-9-11-19-26(24)31(28)29(30)23-15-7-8-16-23/h6,9-12,17-19,22-23,27,29H,3-5,7-8,13-16H2,1-2H3/i27D. The summed E-state index contributed by atoms with van der Waals surface area (Å²) in [4.78, 5) is 5.26. The maximum absolute atomic E-state index is 10.2. The van der Waals surface area contributed by atoms with Gasteiger partial charge in [0.1, 0.15) is 6.17 Å². The van der Waals surface area contributed by atoms with Gasteiger partial charge in [0, 0.05) is 30.0 Å². The number of aryl methyl sites for hydroxylation is 1. The number of nitrogens with zero attached hydrogens (tertiary/aromatic N) is 2. The second-order valence-electron chi connectivity index (χ2n) is 10.2. The second kappa shape index (κ2) is 7.73. The number of fused-ring (bicyclic) bond motifs is 3. The molecule has 2 heteroatoms. The topological polar surface area (TPSA) is 6.48 Å². The third-order valence-corrected chi connectivity index (χ3v) is 8.39. The van der Waals surface area contributed by atoms with Gasteiger partial charge in [0.15, 0.2) is 0 Å². The van der Waals surface area contributed by atoms with Gasteiger partial charge in [-0.25, -0.2) is 0 Å². The largest absolute Gasteiger partial charge is 0.322 e. The highest BCUT2D eigenvalue weighted by Crippen LogP contribution is 2.58. The highest BCUT2D eigenvalue weighted by molar-refractivity contribution is 5.77. The normalized spacial score (nSPS) is 29.5. The lowest BCUT2D eigenvalue weighted by molar-refractivity contribution is 0.326. The summed E-state index contributed by atoms with van der Waals surface area (Å²) in [6.45, 7) is 4.55. The second-order valence-corrected chi connectivity index (χ2v) is 10.2. The van der Waals surface area contributed by atoms with Crippen LogP contribution in [0, 0.1) is 18.8 Å². The molecule has 0 aromatic heterocycles. The molecule has 0 saturated heterocycles. The lowest BCUT2D eigenvalue weighted by Gasteiger charge is -2.38. The van der Waals surface area contributed by atoms with E-state index in [1.165, 1.54) is 91.7 Å². The van der Waals surface area contributed by atoms with E-state index in [-0.39, 0.29) is 0 Å². The molecule has 2 nitrogen and oxygen atoms in total. The highest BCUT2D eigenvalue weighted by Gasteiger charge is 2.51. The molecular formula is C29H36N2. The molecule has 0 bridgehead atoms. The first kappa shape index (κ1) is 18.4. The van der Waals surface area contributed by atoms with Crippen LogP contribution in [0.25, 0.3) is 0 Å². The number of anilines is 2. The summed E-state index contributed by atoms with van der Waals surface area (Å²) in [7, 11) is 0. The zero-order valence-corrected chi connectivity index (χ0v) is 19.1. The van der Waals surface area contributed by atoms with E-state index >= 15 is 0 Å². The Kier molecular flexibility index (Phi) is 4.58. The molecular weight excluding hydrogens is 376 g/mol. The molecule has 6 rings (SSSR count). The maximum atomic E-state index is 10.2. The van der Waals surface area contributed by atoms with Crippen LogP contribution in [-0.2, 0) is 0 Å². The van der Waals surface area contributed by atoms with E-state index in [1.807, 2.05) is 0 Å². The van der Waals surface area contributed by atoms with Gasteiger partial charge in [-0.15, -0.1) is 0 Å². The Morgan fingerprint density at radius 1 is 0.710 bits per heavy atom. The average Bonchev–Trinajstić information content (AvgIpc) is 3.52. The molecule has 2 aliphatic carbocycles. The Labute approximate surface area is 189 Å². The number of rotatable bonds is 3. The van der Waals surface area contributed by atoms with Gasteiger partial charge in [-0.2, -0.15) is 0 Å². The minimum absolute atomic E-state index is 0.297. The maximum Gasteiger partial charge on any atom is 0.113 e. The predicted molar refractivity (Wildman–Crippen MR) is 130 cm³/mol. The summed E-state index contributed by atoms with van der Waals surface area (Å²) in [5.74, 6) is 0.423. The van der Waals surface area contributed by atoms with E-state index in [9.17, 15) is 1.37 Å². The van der Waals surface area contributed by atoms with Crippen LogP contribution in [0.2, 0.25) is 0 Å². The van der Waals surface area contributed by atoms with Gasteiger partial charge in [-0.1, -0.05) is 68.5 Å². The Bertz CT molecular complexity index is 1050. The third-order valence-electron chi connectivity index (χ3n) is 8.39. The smallest absolute Gasteiger partial charge is 0.113 e. The number of hydrogen-bond donors (Lipinski definition) is 0. The van der Waals surface area contributed by atoms with Gasteiger partial charge >= 0.3 is 0 Å². The number of para-hydroxylation sites is 2. The minimum Gasteiger partial charge on any atom is -0.322 e. The Morgan fingerprint density at radius 3 is 2.06 bits per heavy atom. The molecule has 0 N–H and O–H groups in total. The lowest BCUT2D eigenvalue weighted by atomic mass is 9.76. The van der Waals surface area contributed by atoms with Gasteiger partial charge in [0.25, 0.3) is 0 Å². The van der Waals surface area contributed by atoms with Crippen LogP contribution in [0.3, 0.4) is 0 Å². The van der Waals surface area contributed by atoms with E-state index < -0.39 is 5.89 Å². The van der Waals surface area contributed by atoms with Gasteiger partial charge in [0.05, 0.1) is 0 Å². The highest BCUT2D eigenvalue weighted by atomic mass is 15.4. The van der Waals surface area contributed by atoms with E-state index in [0.717, 1.165) is 0 Å². The molecule has 4 aliphatic rings. The molecule has 2 fully saturated rings. The van der Waals surface area contributed by atoms with Crippen molar-refractivity contribution in [2.24, 2.45) is 11.8 Å². The molecule has 2 saturated carbocycles. The minimum atomic E-state index is -0.630. The summed E-state index contributed by atoms with van der Waals surface area (Å²) in [6, 6.07) is 17.8. The van der Waals surface area contributed by atoms with Crippen molar-refractivity contribution in [1.29, 1.82) is 0 Å². The Hall–Kier alpha value is -2.22. The van der Waals surface area contributed by atoms with E-state index in [0.29, 0.717) is 18.0 Å². The van der Waals surface area contributed by atoms with Crippen molar-refractivity contribution >= 4 is 11.4 Å². The third kappa shape index (κ3) is 2.97. The zero-order chi connectivity index (χ0) is 21.9. The fraction of sp³-hybridized carbons (Fsp3) is 0.517.